The molecule has 0 aliphatic rings. The van der Waals surface area contributed by atoms with Crippen molar-refractivity contribution in [2.75, 3.05) is 5.32 Å². The van der Waals surface area contributed by atoms with Gasteiger partial charge in [-0.05, 0) is 31.2 Å². The number of nitrogens with one attached hydrogen (secondary N) is 1. The van der Waals surface area contributed by atoms with Gasteiger partial charge in [0, 0.05) is 5.69 Å². The van der Waals surface area contributed by atoms with Crippen LogP contribution in [0, 0.1) is 0 Å². The van der Waals surface area contributed by atoms with Crippen LogP contribution in [0.3, 0.4) is 0 Å². The predicted molar refractivity (Wildman–Crippen MR) is 73.8 cm³/mol. The fourth-order valence-electron chi connectivity index (χ4n) is 1.70. The third-order valence-corrected chi connectivity index (χ3v) is 3.12. The monoisotopic (exact) mass is 321 g/mol. The molecule has 0 radical (unpaired) electrons. The van der Waals surface area contributed by atoms with Crippen molar-refractivity contribution in [3.05, 3.63) is 46.3 Å². The van der Waals surface area contributed by atoms with Gasteiger partial charge in [0.2, 0.25) is 0 Å². The Morgan fingerprint density at radius 2 is 1.90 bits per heavy atom. The molecule has 0 amide bonds. The summed E-state index contributed by atoms with van der Waals surface area (Å²) < 4.78 is 33.9. The zero-order valence-electron chi connectivity index (χ0n) is 10.4. The number of alkyl halides is 2. The molecule has 0 aliphatic heterocycles. The third-order valence-electron chi connectivity index (χ3n) is 2.56. The second-order valence-electron chi connectivity index (χ2n) is 4.03. The Labute approximate surface area is 124 Å². The van der Waals surface area contributed by atoms with E-state index in [1.54, 1.807) is 12.3 Å². The first-order valence-corrected chi connectivity index (χ1v) is 6.46. The molecule has 2 aromatic rings. The van der Waals surface area contributed by atoms with E-state index < -0.39 is 6.61 Å². The zero-order chi connectivity index (χ0) is 14.7. The lowest BCUT2D eigenvalue weighted by Gasteiger charge is -2.15. The highest BCUT2D eigenvalue weighted by Gasteiger charge is 2.16. The van der Waals surface area contributed by atoms with E-state index in [0.29, 0.717) is 5.69 Å². The maximum atomic E-state index is 12.2. The second-order valence-corrected chi connectivity index (χ2v) is 4.84. The van der Waals surface area contributed by atoms with Crippen molar-refractivity contribution < 1.29 is 17.9 Å². The Morgan fingerprint density at radius 3 is 2.40 bits per heavy atom. The summed E-state index contributed by atoms with van der Waals surface area (Å²) in [7, 11) is 0. The Morgan fingerprint density at radius 1 is 1.25 bits per heavy atom. The van der Waals surface area contributed by atoms with Gasteiger partial charge >= 0.3 is 6.61 Å². The molecule has 1 aromatic heterocycles. The molecule has 1 N–H and O–H groups in total. The molecule has 1 atom stereocenters. The van der Waals surface area contributed by atoms with Crippen molar-refractivity contribution in [3.63, 3.8) is 0 Å². The van der Waals surface area contributed by atoms with E-state index in [9.17, 15) is 8.78 Å². The Kier molecular flexibility index (Phi) is 4.73. The summed E-state index contributed by atoms with van der Waals surface area (Å²) >= 11 is 11.8. The largest absolute Gasteiger partial charge is 0.467 e. The molecule has 0 bridgehead atoms. The highest BCUT2D eigenvalue weighted by molar-refractivity contribution is 6.37. The van der Waals surface area contributed by atoms with Crippen molar-refractivity contribution in [2.24, 2.45) is 0 Å². The Balaban J connectivity index is 2.18. The van der Waals surface area contributed by atoms with Crippen molar-refractivity contribution >= 4 is 28.9 Å². The number of hydrogen-bond acceptors (Lipinski definition) is 3. The van der Waals surface area contributed by atoms with Crippen LogP contribution in [0.15, 0.2) is 34.9 Å². The number of ether oxygens (including phenoxy) is 1. The van der Waals surface area contributed by atoms with Crippen molar-refractivity contribution in [1.82, 2.24) is 0 Å². The lowest BCUT2D eigenvalue weighted by atomic mass is 10.2. The lowest BCUT2D eigenvalue weighted by molar-refractivity contribution is -0.0497. The Bertz CT molecular complexity index is 553. The fourth-order valence-corrected chi connectivity index (χ4v) is 2.28. The lowest BCUT2D eigenvalue weighted by Crippen LogP contribution is -2.07. The maximum absolute atomic E-state index is 12.2. The van der Waals surface area contributed by atoms with E-state index in [0.717, 1.165) is 5.76 Å². The molecule has 3 nitrogen and oxygen atoms in total. The first-order chi connectivity index (χ1) is 9.47. The number of furan rings is 1. The summed E-state index contributed by atoms with van der Waals surface area (Å²) in [6, 6.07) is 6.39. The first-order valence-electron chi connectivity index (χ1n) is 5.71. The van der Waals surface area contributed by atoms with E-state index in [4.69, 9.17) is 27.6 Å². The van der Waals surface area contributed by atoms with Gasteiger partial charge in [0.25, 0.3) is 0 Å². The first kappa shape index (κ1) is 14.9. The van der Waals surface area contributed by atoms with Gasteiger partial charge in [0.15, 0.2) is 5.75 Å². The summed E-state index contributed by atoms with van der Waals surface area (Å²) in [4.78, 5) is 0. The highest BCUT2D eigenvalue weighted by atomic mass is 35.5. The van der Waals surface area contributed by atoms with Crippen molar-refractivity contribution in [2.45, 2.75) is 19.6 Å². The van der Waals surface area contributed by atoms with Gasteiger partial charge in [-0.15, -0.1) is 0 Å². The summed E-state index contributed by atoms with van der Waals surface area (Å²) in [5, 5.41) is 3.11. The van der Waals surface area contributed by atoms with Crippen LogP contribution < -0.4 is 10.1 Å². The molecule has 0 spiro atoms. The van der Waals surface area contributed by atoms with E-state index in [2.05, 4.69) is 10.1 Å². The summed E-state index contributed by atoms with van der Waals surface area (Å²) in [5.74, 6) is 0.490. The van der Waals surface area contributed by atoms with Crippen LogP contribution in [0.25, 0.3) is 0 Å². The van der Waals surface area contributed by atoms with Crippen LogP contribution in [-0.2, 0) is 0 Å². The standard InChI is InChI=1S/C13H11Cl2F2NO2/c1-7(11-3-2-4-19-11)18-8-5-9(14)12(10(15)6-8)20-13(16)17/h2-7,13,18H,1H3. The van der Waals surface area contributed by atoms with Gasteiger partial charge in [0.05, 0.1) is 22.4 Å². The Hall–Kier alpha value is -1.46. The summed E-state index contributed by atoms with van der Waals surface area (Å²) in [5.41, 5.74) is 0.575. The predicted octanol–water partition coefficient (Wildman–Crippen LogP) is 5.36. The quantitative estimate of drug-likeness (QED) is 0.804. The molecular weight excluding hydrogens is 311 g/mol. The van der Waals surface area contributed by atoms with Gasteiger partial charge in [-0.3, -0.25) is 0 Å². The minimum Gasteiger partial charge on any atom is -0.467 e. The number of benzene rings is 1. The molecule has 108 valence electrons. The summed E-state index contributed by atoms with van der Waals surface area (Å²) in [6.07, 6.45) is 1.56. The fraction of sp³-hybridized carbons (Fsp3) is 0.231. The molecule has 0 saturated heterocycles. The average molecular weight is 322 g/mol. The van der Waals surface area contributed by atoms with E-state index in [1.807, 2.05) is 13.0 Å². The molecule has 0 saturated carbocycles. The molecule has 2 rings (SSSR count). The number of hydrogen-bond donors (Lipinski definition) is 1. The minimum atomic E-state index is -2.98. The van der Waals surface area contributed by atoms with Crippen molar-refractivity contribution in [3.8, 4) is 5.75 Å². The van der Waals surface area contributed by atoms with Crippen LogP contribution in [0.5, 0.6) is 5.75 Å². The molecule has 0 fully saturated rings. The molecule has 1 unspecified atom stereocenters. The van der Waals surface area contributed by atoms with Gasteiger partial charge < -0.3 is 14.5 Å². The molecule has 0 aliphatic carbocycles. The van der Waals surface area contributed by atoms with Gasteiger partial charge in [0.1, 0.15) is 5.76 Å². The highest BCUT2D eigenvalue weighted by Crippen LogP contribution is 2.37. The number of rotatable bonds is 5. The topological polar surface area (TPSA) is 34.4 Å². The van der Waals surface area contributed by atoms with E-state index in [-0.39, 0.29) is 21.8 Å². The maximum Gasteiger partial charge on any atom is 0.387 e. The molecule has 7 heteroatoms. The average Bonchev–Trinajstić information content (AvgIpc) is 2.87. The third kappa shape index (κ3) is 3.55. The summed E-state index contributed by atoms with van der Waals surface area (Å²) in [6.45, 7) is -1.10. The van der Waals surface area contributed by atoms with Crippen LogP contribution in [0.4, 0.5) is 14.5 Å². The number of anilines is 1. The molecular formula is C13H11Cl2F2NO2. The zero-order valence-corrected chi connectivity index (χ0v) is 11.9. The second kappa shape index (κ2) is 6.33. The van der Waals surface area contributed by atoms with Crippen LogP contribution >= 0.6 is 23.2 Å². The molecule has 1 aromatic carbocycles. The van der Waals surface area contributed by atoms with Gasteiger partial charge in [-0.1, -0.05) is 23.2 Å². The number of halogens is 4. The molecule has 20 heavy (non-hydrogen) atoms. The van der Waals surface area contributed by atoms with Crippen LogP contribution in [0.2, 0.25) is 10.0 Å². The minimum absolute atomic E-state index is 0.00643. The smallest absolute Gasteiger partial charge is 0.387 e. The van der Waals surface area contributed by atoms with Crippen molar-refractivity contribution in [1.29, 1.82) is 0 Å². The molecule has 1 heterocycles. The van der Waals surface area contributed by atoms with Gasteiger partial charge in [-0.2, -0.15) is 8.78 Å². The van der Waals surface area contributed by atoms with Gasteiger partial charge in [-0.25, -0.2) is 0 Å². The normalized spacial score (nSPS) is 12.5. The van der Waals surface area contributed by atoms with Crippen LogP contribution in [0.1, 0.15) is 18.7 Å². The van der Waals surface area contributed by atoms with E-state index >= 15 is 0 Å². The SMILES string of the molecule is CC(Nc1cc(Cl)c(OC(F)F)c(Cl)c1)c1ccco1. The van der Waals surface area contributed by atoms with Crippen LogP contribution in [-0.4, -0.2) is 6.61 Å². The van der Waals surface area contributed by atoms with E-state index in [1.165, 1.54) is 12.1 Å².